The van der Waals surface area contributed by atoms with Crippen molar-refractivity contribution in [2.75, 3.05) is 12.3 Å². The van der Waals surface area contributed by atoms with E-state index in [2.05, 4.69) is 36.2 Å². The average molecular weight is 218 g/mol. The van der Waals surface area contributed by atoms with Gasteiger partial charge in [-0.05, 0) is 44.7 Å². The van der Waals surface area contributed by atoms with Gasteiger partial charge in [0.05, 0.1) is 0 Å². The van der Waals surface area contributed by atoms with E-state index in [9.17, 15) is 0 Å². The maximum Gasteiger partial charge on any atom is 0.166 e. The van der Waals surface area contributed by atoms with E-state index in [4.69, 9.17) is 12.2 Å². The van der Waals surface area contributed by atoms with Crippen LogP contribution in [0.2, 0.25) is 0 Å². The molecule has 1 aliphatic rings. The van der Waals surface area contributed by atoms with Crippen molar-refractivity contribution >= 4 is 29.1 Å². The molecule has 2 nitrogen and oxygen atoms in total. The van der Waals surface area contributed by atoms with Crippen LogP contribution in [0.25, 0.3) is 0 Å². The van der Waals surface area contributed by atoms with Gasteiger partial charge in [-0.3, -0.25) is 0 Å². The van der Waals surface area contributed by atoms with E-state index in [0.29, 0.717) is 6.04 Å². The quantitative estimate of drug-likeness (QED) is 0.705. The van der Waals surface area contributed by atoms with Crippen molar-refractivity contribution in [3.05, 3.63) is 0 Å². The summed E-state index contributed by atoms with van der Waals surface area (Å²) in [5, 5.41) is 8.00. The van der Waals surface area contributed by atoms with E-state index in [1.54, 1.807) is 0 Å². The van der Waals surface area contributed by atoms with Crippen molar-refractivity contribution in [3.63, 3.8) is 0 Å². The lowest BCUT2D eigenvalue weighted by atomic mass is 10.2. The van der Waals surface area contributed by atoms with Crippen LogP contribution in [0.3, 0.4) is 0 Å². The van der Waals surface area contributed by atoms with Gasteiger partial charge in [0.2, 0.25) is 0 Å². The highest BCUT2D eigenvalue weighted by molar-refractivity contribution is 8.00. The Balaban J connectivity index is 2.07. The van der Waals surface area contributed by atoms with E-state index in [1.807, 2.05) is 0 Å². The van der Waals surface area contributed by atoms with E-state index >= 15 is 0 Å². The van der Waals surface area contributed by atoms with Crippen molar-refractivity contribution < 1.29 is 0 Å². The molecule has 1 rings (SSSR count). The molecule has 1 saturated heterocycles. The second-order valence-corrected chi connectivity index (χ2v) is 5.46. The number of rotatable bonds is 3. The van der Waals surface area contributed by atoms with Crippen LogP contribution in [0.15, 0.2) is 0 Å². The Bertz CT molecular complexity index is 165. The molecule has 1 aliphatic heterocycles. The lowest BCUT2D eigenvalue weighted by Crippen LogP contribution is -2.41. The van der Waals surface area contributed by atoms with Crippen molar-refractivity contribution in [2.45, 2.75) is 38.0 Å². The second kappa shape index (κ2) is 5.70. The zero-order valence-corrected chi connectivity index (χ0v) is 9.93. The van der Waals surface area contributed by atoms with Gasteiger partial charge < -0.3 is 10.6 Å². The molecule has 0 amide bonds. The fourth-order valence-electron chi connectivity index (χ4n) is 1.33. The normalized spacial score (nSPS) is 21.9. The van der Waals surface area contributed by atoms with Crippen LogP contribution in [0.5, 0.6) is 0 Å². The summed E-state index contributed by atoms with van der Waals surface area (Å²) >= 11 is 7.19. The standard InChI is InChI=1S/C9H18N2S2/c1-7(2)11-9(12)10-6-8-4-3-5-13-8/h7-8H,3-6H2,1-2H3,(H2,10,11,12). The summed E-state index contributed by atoms with van der Waals surface area (Å²) in [5.74, 6) is 1.32. The Morgan fingerprint density at radius 1 is 1.62 bits per heavy atom. The third kappa shape index (κ3) is 4.72. The third-order valence-corrected chi connectivity index (χ3v) is 3.59. The number of hydrogen-bond acceptors (Lipinski definition) is 2. The predicted octanol–water partition coefficient (Wildman–Crippen LogP) is 1.75. The zero-order valence-electron chi connectivity index (χ0n) is 8.30. The molecule has 0 aromatic carbocycles. The van der Waals surface area contributed by atoms with Crippen molar-refractivity contribution in [1.29, 1.82) is 0 Å². The maximum atomic E-state index is 5.13. The van der Waals surface area contributed by atoms with E-state index in [1.165, 1.54) is 18.6 Å². The van der Waals surface area contributed by atoms with Gasteiger partial charge in [0.15, 0.2) is 5.11 Å². The first kappa shape index (κ1) is 11.1. The summed E-state index contributed by atoms with van der Waals surface area (Å²) in [7, 11) is 0. The Morgan fingerprint density at radius 3 is 2.92 bits per heavy atom. The van der Waals surface area contributed by atoms with Crippen molar-refractivity contribution in [1.82, 2.24) is 10.6 Å². The summed E-state index contributed by atoms with van der Waals surface area (Å²) < 4.78 is 0. The molecule has 2 N–H and O–H groups in total. The summed E-state index contributed by atoms with van der Waals surface area (Å²) in [6.07, 6.45) is 2.70. The van der Waals surface area contributed by atoms with Crippen molar-refractivity contribution in [3.8, 4) is 0 Å². The van der Waals surface area contributed by atoms with Crippen LogP contribution in [-0.2, 0) is 0 Å². The lowest BCUT2D eigenvalue weighted by Gasteiger charge is -2.15. The van der Waals surface area contributed by atoms with Gasteiger partial charge in [-0.15, -0.1) is 0 Å². The Hall–Kier alpha value is 0.0400. The highest BCUT2D eigenvalue weighted by Crippen LogP contribution is 2.25. The predicted molar refractivity (Wildman–Crippen MR) is 64.4 cm³/mol. The summed E-state index contributed by atoms with van der Waals surface area (Å²) in [5.41, 5.74) is 0. The molecular weight excluding hydrogens is 200 g/mol. The number of nitrogens with one attached hydrogen (secondary N) is 2. The molecule has 0 bridgehead atoms. The molecule has 76 valence electrons. The topological polar surface area (TPSA) is 24.1 Å². The lowest BCUT2D eigenvalue weighted by molar-refractivity contribution is 0.694. The molecule has 1 heterocycles. The number of hydrogen-bond donors (Lipinski definition) is 2. The van der Waals surface area contributed by atoms with Gasteiger partial charge in [0, 0.05) is 17.8 Å². The largest absolute Gasteiger partial charge is 0.362 e. The van der Waals surface area contributed by atoms with Crippen molar-refractivity contribution in [2.24, 2.45) is 0 Å². The summed E-state index contributed by atoms with van der Waals surface area (Å²) in [6, 6.07) is 0.427. The van der Waals surface area contributed by atoms with Gasteiger partial charge in [0.25, 0.3) is 0 Å². The first-order valence-corrected chi connectivity index (χ1v) is 6.30. The molecule has 13 heavy (non-hydrogen) atoms. The minimum Gasteiger partial charge on any atom is -0.362 e. The van der Waals surface area contributed by atoms with Gasteiger partial charge in [-0.1, -0.05) is 0 Å². The highest BCUT2D eigenvalue weighted by Gasteiger charge is 2.15. The molecule has 0 saturated carbocycles. The molecule has 0 radical (unpaired) electrons. The third-order valence-electron chi connectivity index (χ3n) is 1.93. The van der Waals surface area contributed by atoms with Crippen LogP contribution in [-0.4, -0.2) is 28.7 Å². The van der Waals surface area contributed by atoms with Crippen LogP contribution in [0.1, 0.15) is 26.7 Å². The number of thiocarbonyl (C=S) groups is 1. The van der Waals surface area contributed by atoms with Crippen LogP contribution in [0, 0.1) is 0 Å². The van der Waals surface area contributed by atoms with Gasteiger partial charge in [-0.2, -0.15) is 11.8 Å². The maximum absolute atomic E-state index is 5.13. The minimum absolute atomic E-state index is 0.427. The SMILES string of the molecule is CC(C)NC(=S)NCC1CCCS1. The Labute approximate surface area is 90.2 Å². The van der Waals surface area contributed by atoms with Gasteiger partial charge in [0.1, 0.15) is 0 Å². The molecule has 0 aromatic heterocycles. The smallest absolute Gasteiger partial charge is 0.166 e. The van der Waals surface area contributed by atoms with Gasteiger partial charge in [-0.25, -0.2) is 0 Å². The zero-order chi connectivity index (χ0) is 9.68. The second-order valence-electron chi connectivity index (χ2n) is 3.64. The molecule has 0 spiro atoms. The van der Waals surface area contributed by atoms with E-state index < -0.39 is 0 Å². The summed E-state index contributed by atoms with van der Waals surface area (Å²) in [6.45, 7) is 5.21. The monoisotopic (exact) mass is 218 g/mol. The Kier molecular flexibility index (Phi) is 4.88. The van der Waals surface area contributed by atoms with Crippen LogP contribution < -0.4 is 10.6 Å². The fraction of sp³-hybridized carbons (Fsp3) is 0.889. The molecule has 1 unspecified atom stereocenters. The van der Waals surface area contributed by atoms with E-state index in [-0.39, 0.29) is 0 Å². The average Bonchev–Trinajstić information content (AvgIpc) is 2.51. The van der Waals surface area contributed by atoms with Crippen LogP contribution in [0.4, 0.5) is 0 Å². The highest BCUT2D eigenvalue weighted by atomic mass is 32.2. The van der Waals surface area contributed by atoms with Gasteiger partial charge >= 0.3 is 0 Å². The summed E-state index contributed by atoms with van der Waals surface area (Å²) in [4.78, 5) is 0. The molecule has 1 fully saturated rings. The van der Waals surface area contributed by atoms with E-state index in [0.717, 1.165) is 16.9 Å². The molecular formula is C9H18N2S2. The molecule has 4 heteroatoms. The molecule has 1 atom stereocenters. The molecule has 0 aliphatic carbocycles. The number of thioether (sulfide) groups is 1. The first-order chi connectivity index (χ1) is 6.18. The minimum atomic E-state index is 0.427. The fourth-order valence-corrected chi connectivity index (χ4v) is 2.85. The first-order valence-electron chi connectivity index (χ1n) is 4.84. The Morgan fingerprint density at radius 2 is 2.38 bits per heavy atom. The van der Waals surface area contributed by atoms with Crippen LogP contribution >= 0.6 is 24.0 Å². The molecule has 0 aromatic rings.